The van der Waals surface area contributed by atoms with Crippen LogP contribution in [0.15, 0.2) is 29.2 Å². The van der Waals surface area contributed by atoms with Crippen molar-refractivity contribution >= 4 is 18.5 Å². The highest BCUT2D eigenvalue weighted by Gasteiger charge is 2.13. The molecule has 0 aliphatic carbocycles. The number of hydrogen-bond acceptors (Lipinski definition) is 3. The molecule has 0 aliphatic heterocycles. The Kier molecular flexibility index (Phi) is 5.35. The standard InChI is InChI=1S/C12H17NO2S/c1-3-13(7-8-15-2)12(14)10-5-4-6-11(16)9-10/h4-6,9,16H,3,7-8H2,1-2H3. The molecule has 3 nitrogen and oxygen atoms in total. The van der Waals surface area contributed by atoms with Gasteiger partial charge < -0.3 is 9.64 Å². The Morgan fingerprint density at radius 2 is 2.25 bits per heavy atom. The van der Waals surface area contributed by atoms with Crippen molar-refractivity contribution in [1.82, 2.24) is 4.90 Å². The molecular weight excluding hydrogens is 222 g/mol. The second-order valence-electron chi connectivity index (χ2n) is 3.43. The van der Waals surface area contributed by atoms with Gasteiger partial charge in [0, 0.05) is 30.7 Å². The Balaban J connectivity index is 2.74. The smallest absolute Gasteiger partial charge is 0.253 e. The molecule has 16 heavy (non-hydrogen) atoms. The highest BCUT2D eigenvalue weighted by atomic mass is 32.1. The average Bonchev–Trinajstić information content (AvgIpc) is 2.29. The summed E-state index contributed by atoms with van der Waals surface area (Å²) >= 11 is 4.22. The molecule has 0 aromatic heterocycles. The number of carbonyl (C=O) groups excluding carboxylic acids is 1. The van der Waals surface area contributed by atoms with E-state index in [-0.39, 0.29) is 5.91 Å². The third-order valence-corrected chi connectivity index (χ3v) is 2.61. The fourth-order valence-electron chi connectivity index (χ4n) is 1.43. The molecule has 0 fully saturated rings. The molecule has 4 heteroatoms. The van der Waals surface area contributed by atoms with Gasteiger partial charge in [-0.3, -0.25) is 4.79 Å². The van der Waals surface area contributed by atoms with E-state index in [0.29, 0.717) is 25.3 Å². The van der Waals surface area contributed by atoms with Gasteiger partial charge in [-0.25, -0.2) is 0 Å². The molecule has 1 rings (SSSR count). The molecule has 0 spiro atoms. The molecule has 0 heterocycles. The van der Waals surface area contributed by atoms with E-state index >= 15 is 0 Å². The molecule has 1 amide bonds. The van der Waals surface area contributed by atoms with E-state index in [2.05, 4.69) is 12.6 Å². The average molecular weight is 239 g/mol. The summed E-state index contributed by atoms with van der Waals surface area (Å²) in [6.45, 7) is 3.81. The third kappa shape index (κ3) is 3.54. The molecule has 0 saturated heterocycles. The number of ether oxygens (including phenoxy) is 1. The lowest BCUT2D eigenvalue weighted by Crippen LogP contribution is -2.33. The number of carbonyl (C=O) groups is 1. The first kappa shape index (κ1) is 13.1. The minimum absolute atomic E-state index is 0.0236. The van der Waals surface area contributed by atoms with Crippen LogP contribution in [0.5, 0.6) is 0 Å². The van der Waals surface area contributed by atoms with Crippen LogP contribution in [0.2, 0.25) is 0 Å². The van der Waals surface area contributed by atoms with E-state index in [1.165, 1.54) is 0 Å². The summed E-state index contributed by atoms with van der Waals surface area (Å²) in [5, 5.41) is 0. The van der Waals surface area contributed by atoms with E-state index in [1.807, 2.05) is 19.1 Å². The van der Waals surface area contributed by atoms with Gasteiger partial charge in [-0.1, -0.05) is 6.07 Å². The predicted octanol–water partition coefficient (Wildman–Crippen LogP) is 2.08. The zero-order valence-corrected chi connectivity index (χ0v) is 10.5. The van der Waals surface area contributed by atoms with Gasteiger partial charge in [-0.05, 0) is 25.1 Å². The number of hydrogen-bond donors (Lipinski definition) is 1. The van der Waals surface area contributed by atoms with Crippen molar-refractivity contribution in [2.75, 3.05) is 26.8 Å². The van der Waals surface area contributed by atoms with Crippen molar-refractivity contribution in [2.24, 2.45) is 0 Å². The Labute approximate surface area is 102 Å². The first-order valence-electron chi connectivity index (χ1n) is 5.26. The molecule has 88 valence electrons. The highest BCUT2D eigenvalue weighted by Crippen LogP contribution is 2.11. The van der Waals surface area contributed by atoms with Crippen LogP contribution in [0.3, 0.4) is 0 Å². The quantitative estimate of drug-likeness (QED) is 0.797. The molecule has 0 atom stereocenters. The molecule has 0 bridgehead atoms. The Morgan fingerprint density at radius 1 is 1.50 bits per heavy atom. The van der Waals surface area contributed by atoms with Crippen molar-refractivity contribution in [3.05, 3.63) is 29.8 Å². The summed E-state index contributed by atoms with van der Waals surface area (Å²) in [7, 11) is 1.63. The summed E-state index contributed by atoms with van der Waals surface area (Å²) in [6, 6.07) is 7.27. The summed E-state index contributed by atoms with van der Waals surface area (Å²) in [5.74, 6) is 0.0236. The van der Waals surface area contributed by atoms with E-state index in [9.17, 15) is 4.79 Å². The fraction of sp³-hybridized carbons (Fsp3) is 0.417. The van der Waals surface area contributed by atoms with Crippen molar-refractivity contribution in [3.8, 4) is 0 Å². The second-order valence-corrected chi connectivity index (χ2v) is 3.94. The summed E-state index contributed by atoms with van der Waals surface area (Å²) < 4.78 is 4.97. The van der Waals surface area contributed by atoms with Gasteiger partial charge in [0.25, 0.3) is 5.91 Å². The van der Waals surface area contributed by atoms with Gasteiger partial charge in [0.15, 0.2) is 0 Å². The number of nitrogens with zero attached hydrogens (tertiary/aromatic N) is 1. The van der Waals surface area contributed by atoms with Crippen LogP contribution < -0.4 is 0 Å². The molecular formula is C12H17NO2S. The number of rotatable bonds is 5. The Bertz CT molecular complexity index is 355. The SMILES string of the molecule is CCN(CCOC)C(=O)c1cccc(S)c1. The first-order chi connectivity index (χ1) is 7.69. The van der Waals surface area contributed by atoms with Crippen LogP contribution in [-0.4, -0.2) is 37.6 Å². The first-order valence-corrected chi connectivity index (χ1v) is 5.71. The molecule has 0 unspecified atom stereocenters. The number of thiol groups is 1. The van der Waals surface area contributed by atoms with Crippen LogP contribution in [0.25, 0.3) is 0 Å². The Morgan fingerprint density at radius 3 is 2.81 bits per heavy atom. The minimum atomic E-state index is 0.0236. The lowest BCUT2D eigenvalue weighted by atomic mass is 10.2. The van der Waals surface area contributed by atoms with Crippen LogP contribution in [0, 0.1) is 0 Å². The summed E-state index contributed by atoms with van der Waals surface area (Å²) in [5.41, 5.74) is 0.672. The van der Waals surface area contributed by atoms with Crippen molar-refractivity contribution in [3.63, 3.8) is 0 Å². The summed E-state index contributed by atoms with van der Waals surface area (Å²) in [6.07, 6.45) is 0. The largest absolute Gasteiger partial charge is 0.383 e. The van der Waals surface area contributed by atoms with Gasteiger partial charge >= 0.3 is 0 Å². The molecule has 0 aliphatic rings. The lowest BCUT2D eigenvalue weighted by molar-refractivity contribution is 0.0706. The van der Waals surface area contributed by atoms with Crippen LogP contribution in [0.1, 0.15) is 17.3 Å². The maximum atomic E-state index is 12.1. The number of likely N-dealkylation sites (N-methyl/N-ethyl adjacent to an activating group) is 1. The van der Waals surface area contributed by atoms with Crippen LogP contribution in [0.4, 0.5) is 0 Å². The van der Waals surface area contributed by atoms with Gasteiger partial charge in [-0.2, -0.15) is 0 Å². The van der Waals surface area contributed by atoms with E-state index in [1.54, 1.807) is 24.1 Å². The monoisotopic (exact) mass is 239 g/mol. The summed E-state index contributed by atoms with van der Waals surface area (Å²) in [4.78, 5) is 14.6. The molecule has 1 aromatic rings. The normalized spacial score (nSPS) is 10.2. The van der Waals surface area contributed by atoms with E-state index in [4.69, 9.17) is 4.74 Å². The fourth-order valence-corrected chi connectivity index (χ4v) is 1.65. The van der Waals surface area contributed by atoms with Crippen LogP contribution in [-0.2, 0) is 4.74 Å². The zero-order valence-electron chi connectivity index (χ0n) is 9.64. The topological polar surface area (TPSA) is 29.5 Å². The molecule has 1 aromatic carbocycles. The number of amides is 1. The minimum Gasteiger partial charge on any atom is -0.383 e. The predicted molar refractivity (Wildman–Crippen MR) is 67.1 cm³/mol. The van der Waals surface area contributed by atoms with E-state index < -0.39 is 0 Å². The Hall–Kier alpha value is -1.00. The molecule has 0 radical (unpaired) electrons. The maximum absolute atomic E-state index is 12.1. The van der Waals surface area contributed by atoms with Crippen LogP contribution >= 0.6 is 12.6 Å². The van der Waals surface area contributed by atoms with Crippen molar-refractivity contribution < 1.29 is 9.53 Å². The van der Waals surface area contributed by atoms with Crippen molar-refractivity contribution in [1.29, 1.82) is 0 Å². The van der Waals surface area contributed by atoms with Gasteiger partial charge in [-0.15, -0.1) is 12.6 Å². The highest BCUT2D eigenvalue weighted by molar-refractivity contribution is 7.80. The van der Waals surface area contributed by atoms with Crippen molar-refractivity contribution in [2.45, 2.75) is 11.8 Å². The number of benzene rings is 1. The van der Waals surface area contributed by atoms with Gasteiger partial charge in [0.05, 0.1) is 6.61 Å². The number of methoxy groups -OCH3 is 1. The van der Waals surface area contributed by atoms with Gasteiger partial charge in [0.2, 0.25) is 0 Å². The van der Waals surface area contributed by atoms with Gasteiger partial charge in [0.1, 0.15) is 0 Å². The van der Waals surface area contributed by atoms with E-state index in [0.717, 1.165) is 4.90 Å². The third-order valence-electron chi connectivity index (χ3n) is 2.33. The lowest BCUT2D eigenvalue weighted by Gasteiger charge is -2.20. The molecule has 0 N–H and O–H groups in total. The maximum Gasteiger partial charge on any atom is 0.253 e. The zero-order chi connectivity index (χ0) is 12.0. The molecule has 0 saturated carbocycles. The second kappa shape index (κ2) is 6.55.